The van der Waals surface area contributed by atoms with Gasteiger partial charge in [-0.05, 0) is 83.9 Å². The molecular weight excluding hydrogens is 730 g/mol. The van der Waals surface area contributed by atoms with E-state index in [2.05, 4.69) is 24.1 Å². The Hall–Kier alpha value is -3.92. The van der Waals surface area contributed by atoms with Gasteiger partial charge in [0.2, 0.25) is 5.91 Å². The quantitative estimate of drug-likeness (QED) is 0.0302. The van der Waals surface area contributed by atoms with Crippen LogP contribution in [0.2, 0.25) is 0 Å². The van der Waals surface area contributed by atoms with Crippen LogP contribution >= 0.6 is 0 Å². The van der Waals surface area contributed by atoms with Gasteiger partial charge in [-0.3, -0.25) is 9.59 Å². The normalized spacial score (nSPS) is 15.8. The van der Waals surface area contributed by atoms with Gasteiger partial charge in [0.1, 0.15) is 24.0 Å². The largest absolute Gasteiger partial charge is 0.481 e. The predicted molar refractivity (Wildman–Crippen MR) is 218 cm³/mol. The third kappa shape index (κ3) is 18.5. The summed E-state index contributed by atoms with van der Waals surface area (Å²) < 4.78 is 33.2. The number of hydrogen-bond acceptors (Lipinski definition) is 11. The van der Waals surface area contributed by atoms with Crippen LogP contribution in [0.15, 0.2) is 36.4 Å². The zero-order valence-corrected chi connectivity index (χ0v) is 35.6. The molecule has 2 rings (SSSR count). The van der Waals surface area contributed by atoms with Crippen molar-refractivity contribution in [2.45, 2.75) is 160 Å². The lowest BCUT2D eigenvalue weighted by Crippen LogP contribution is -2.56. The van der Waals surface area contributed by atoms with Crippen LogP contribution in [0.4, 0.5) is 0 Å². The fraction of sp³-hybridized carbons (Fsp3) is 0.689. The molecule has 0 saturated carbocycles. The van der Waals surface area contributed by atoms with Crippen molar-refractivity contribution in [2.24, 2.45) is 5.92 Å². The molecule has 0 bridgehead atoms. The smallest absolute Gasteiger partial charge is 0.339 e. The lowest BCUT2D eigenvalue weighted by atomic mass is 9.81. The number of amides is 1. The van der Waals surface area contributed by atoms with Crippen LogP contribution in [0.5, 0.6) is 5.75 Å². The standard InChI is InChI=1S/C45H69NO11/c1-8-10-12-16-19-28-44(55-32-33-56-44)29-20-17-14-13-15-18-22-37(45(51,30-21-23-39(47)52-6)42(50)57-43(3,4)5)40(48)46-38(41(49)53-7)34-35-24-26-36(27-25-35)54-31-11-9-2/h18,22,24-27,37-38,51H,8,10,12-17,19-21,23,28-34H2,1-7H3,(H,46,48)/b22-18+/t37-,38+,45+/m1/s1. The molecule has 12 heteroatoms. The second-order valence-electron chi connectivity index (χ2n) is 15.6. The Labute approximate surface area is 341 Å². The summed E-state index contributed by atoms with van der Waals surface area (Å²) in [6, 6.07) is 5.85. The molecule has 1 aromatic rings. The fourth-order valence-electron chi connectivity index (χ4n) is 6.72. The number of esters is 3. The summed E-state index contributed by atoms with van der Waals surface area (Å²) in [5.41, 5.74) is -2.67. The van der Waals surface area contributed by atoms with Gasteiger partial charge in [-0.1, -0.05) is 75.7 Å². The van der Waals surface area contributed by atoms with Crippen LogP contribution < -0.4 is 10.1 Å². The van der Waals surface area contributed by atoms with Gasteiger partial charge in [0.05, 0.1) is 33.4 Å². The minimum absolute atomic E-state index is 0.0341. The number of carbonyl (C=O) groups excluding carboxylic acids is 4. The third-order valence-electron chi connectivity index (χ3n) is 9.85. The van der Waals surface area contributed by atoms with E-state index in [9.17, 15) is 24.3 Å². The molecule has 1 aliphatic heterocycles. The summed E-state index contributed by atoms with van der Waals surface area (Å²) in [5, 5.41) is 14.9. The summed E-state index contributed by atoms with van der Waals surface area (Å²) in [4.78, 5) is 53.1. The molecule has 12 nitrogen and oxygen atoms in total. The number of hydrogen-bond donors (Lipinski definition) is 2. The molecule has 0 radical (unpaired) electrons. The topological polar surface area (TPSA) is 156 Å². The van der Waals surface area contributed by atoms with Gasteiger partial charge in [-0.25, -0.2) is 9.59 Å². The van der Waals surface area contributed by atoms with E-state index in [4.69, 9.17) is 28.4 Å². The van der Waals surface area contributed by atoms with E-state index in [-0.39, 0.29) is 32.3 Å². The number of allylic oxidation sites excluding steroid dienone is 1. The van der Waals surface area contributed by atoms with E-state index in [1.54, 1.807) is 58.0 Å². The number of nitrogens with one attached hydrogen (secondary N) is 1. The summed E-state index contributed by atoms with van der Waals surface area (Å²) in [7, 11) is 2.47. The molecule has 1 heterocycles. The van der Waals surface area contributed by atoms with E-state index in [0.717, 1.165) is 44.9 Å². The minimum Gasteiger partial charge on any atom is -0.481 e. The zero-order valence-electron chi connectivity index (χ0n) is 35.6. The van der Waals surface area contributed by atoms with Gasteiger partial charge >= 0.3 is 17.9 Å². The SMILES string of the molecule is CC#CCOc1ccc(C[C@H](NC(=O)[C@@H](/C=C/CCCCCCC2(CCCCCCC)OCCO2)[C@@](O)(CCCC(=O)OC)C(=O)OC(C)(C)C)C(=O)OC)cc1. The van der Waals surface area contributed by atoms with Crippen molar-refractivity contribution < 1.29 is 52.7 Å². The molecule has 1 saturated heterocycles. The molecule has 1 aromatic carbocycles. The number of aliphatic hydroxyl groups is 1. The van der Waals surface area contributed by atoms with E-state index in [1.807, 2.05) is 0 Å². The second kappa shape index (κ2) is 26.2. The lowest BCUT2D eigenvalue weighted by molar-refractivity contribution is -0.184. The number of carbonyl (C=O) groups is 4. The number of ether oxygens (including phenoxy) is 6. The lowest BCUT2D eigenvalue weighted by Gasteiger charge is -2.35. The van der Waals surface area contributed by atoms with Gasteiger partial charge in [0, 0.05) is 25.7 Å². The van der Waals surface area contributed by atoms with Crippen LogP contribution in [0.25, 0.3) is 0 Å². The maximum atomic E-state index is 14.2. The Morgan fingerprint density at radius 2 is 1.54 bits per heavy atom. The molecule has 0 aliphatic carbocycles. The highest BCUT2D eigenvalue weighted by Crippen LogP contribution is 2.33. The number of rotatable bonds is 27. The second-order valence-corrected chi connectivity index (χ2v) is 15.6. The summed E-state index contributed by atoms with van der Waals surface area (Å²) in [6.45, 7) is 10.4. The molecular formula is C45H69NO11. The van der Waals surface area contributed by atoms with E-state index in [0.29, 0.717) is 30.9 Å². The maximum absolute atomic E-state index is 14.2. The molecule has 57 heavy (non-hydrogen) atoms. The van der Waals surface area contributed by atoms with Crippen LogP contribution in [-0.4, -0.2) is 86.0 Å². The fourth-order valence-corrected chi connectivity index (χ4v) is 6.72. The van der Waals surface area contributed by atoms with Crippen LogP contribution in [0.3, 0.4) is 0 Å². The Bertz CT molecular complexity index is 1450. The van der Waals surface area contributed by atoms with Crippen molar-refractivity contribution in [3.63, 3.8) is 0 Å². The van der Waals surface area contributed by atoms with Gasteiger partial charge in [-0.2, -0.15) is 0 Å². The average Bonchev–Trinajstić information content (AvgIpc) is 3.65. The molecule has 1 fully saturated rings. The van der Waals surface area contributed by atoms with E-state index >= 15 is 0 Å². The molecule has 0 aromatic heterocycles. The summed E-state index contributed by atoms with van der Waals surface area (Å²) in [6.07, 6.45) is 15.0. The number of unbranched alkanes of at least 4 members (excludes halogenated alkanes) is 8. The van der Waals surface area contributed by atoms with Crippen molar-refractivity contribution in [3.05, 3.63) is 42.0 Å². The van der Waals surface area contributed by atoms with Gasteiger partial charge in [-0.15, -0.1) is 5.92 Å². The summed E-state index contributed by atoms with van der Waals surface area (Å²) >= 11 is 0. The molecule has 0 spiro atoms. The van der Waals surface area contributed by atoms with Crippen LogP contribution in [0.1, 0.15) is 136 Å². The maximum Gasteiger partial charge on any atom is 0.339 e. The highest BCUT2D eigenvalue weighted by Gasteiger charge is 2.49. The van der Waals surface area contributed by atoms with Gasteiger partial charge in [0.25, 0.3) is 0 Å². The Morgan fingerprint density at radius 3 is 2.12 bits per heavy atom. The van der Waals surface area contributed by atoms with Crippen LogP contribution in [-0.2, 0) is 49.3 Å². The molecule has 1 amide bonds. The third-order valence-corrected chi connectivity index (χ3v) is 9.85. The molecule has 3 atom stereocenters. The van der Waals surface area contributed by atoms with Crippen molar-refractivity contribution >= 4 is 23.8 Å². The van der Waals surface area contributed by atoms with Gasteiger partial charge in [0.15, 0.2) is 11.4 Å². The van der Waals surface area contributed by atoms with Crippen molar-refractivity contribution in [1.29, 1.82) is 0 Å². The average molecular weight is 800 g/mol. The minimum atomic E-state index is -2.38. The summed E-state index contributed by atoms with van der Waals surface area (Å²) in [5.74, 6) is 1.22. The first-order valence-electron chi connectivity index (χ1n) is 20.7. The van der Waals surface area contributed by atoms with Crippen LogP contribution in [0, 0.1) is 17.8 Å². The molecule has 2 N–H and O–H groups in total. The number of methoxy groups -OCH3 is 2. The predicted octanol–water partition coefficient (Wildman–Crippen LogP) is 7.32. The molecule has 0 unspecified atom stereocenters. The first-order chi connectivity index (χ1) is 27.2. The Kier molecular flexibility index (Phi) is 22.6. The van der Waals surface area contributed by atoms with Gasteiger partial charge < -0.3 is 38.8 Å². The van der Waals surface area contributed by atoms with Crippen molar-refractivity contribution in [1.82, 2.24) is 5.32 Å². The van der Waals surface area contributed by atoms with Crippen molar-refractivity contribution in [3.8, 4) is 17.6 Å². The zero-order chi connectivity index (χ0) is 42.2. The van der Waals surface area contributed by atoms with Crippen molar-refractivity contribution in [2.75, 3.05) is 34.0 Å². The first-order valence-corrected chi connectivity index (χ1v) is 20.7. The van der Waals surface area contributed by atoms with E-state index in [1.165, 1.54) is 46.0 Å². The Morgan fingerprint density at radius 1 is 0.912 bits per heavy atom. The van der Waals surface area contributed by atoms with E-state index < -0.39 is 52.8 Å². The molecule has 1 aliphatic rings. The Balaban J connectivity index is 2.24. The monoisotopic (exact) mass is 799 g/mol. The molecule has 320 valence electrons. The number of benzene rings is 1. The first kappa shape index (κ1) is 49.2. The highest BCUT2D eigenvalue weighted by atomic mass is 16.7. The highest BCUT2D eigenvalue weighted by molar-refractivity contribution is 5.93.